The lowest BCUT2D eigenvalue weighted by Gasteiger charge is -2.35. The fourth-order valence-electron chi connectivity index (χ4n) is 3.64. The number of methoxy groups -OCH3 is 1. The summed E-state index contributed by atoms with van der Waals surface area (Å²) in [5.41, 5.74) is 0.0424. The summed E-state index contributed by atoms with van der Waals surface area (Å²) in [4.78, 5) is 40.2. The minimum atomic E-state index is -0.725. The number of hydrogen-bond donors (Lipinski definition) is 2. The molecule has 0 saturated carbocycles. The molecule has 2 N–H and O–H groups in total. The van der Waals surface area contributed by atoms with Crippen LogP contribution in [-0.4, -0.2) is 62.0 Å². The van der Waals surface area contributed by atoms with Gasteiger partial charge in [0.1, 0.15) is 11.9 Å². The van der Waals surface area contributed by atoms with Crippen LogP contribution in [0.1, 0.15) is 32.9 Å². The van der Waals surface area contributed by atoms with Crippen molar-refractivity contribution in [2.75, 3.05) is 33.4 Å². The molecule has 1 fully saturated rings. The van der Waals surface area contributed by atoms with Gasteiger partial charge in [0.15, 0.2) is 0 Å². The first-order valence-corrected chi connectivity index (χ1v) is 11.0. The smallest absolute Gasteiger partial charge is 0.262 e. The molecule has 166 valence electrons. The van der Waals surface area contributed by atoms with E-state index in [1.807, 2.05) is 0 Å². The van der Waals surface area contributed by atoms with E-state index in [1.165, 1.54) is 23.5 Å². The number of nitrogens with one attached hydrogen (secondary N) is 2. The van der Waals surface area contributed by atoms with Crippen molar-refractivity contribution in [2.24, 2.45) is 5.92 Å². The van der Waals surface area contributed by atoms with Crippen LogP contribution in [0.15, 0.2) is 41.8 Å². The van der Waals surface area contributed by atoms with Crippen LogP contribution in [0.3, 0.4) is 0 Å². The lowest BCUT2D eigenvalue weighted by atomic mass is 9.88. The Morgan fingerprint density at radius 2 is 1.94 bits per heavy atom. The van der Waals surface area contributed by atoms with E-state index >= 15 is 0 Å². The standard InChI is InChI=1S/C22H26FN3O4S/c1-30-13-10-24-21(28)19(25-20(27)18-7-4-14-31-18)15-8-11-26(12-9-15)22(29)16-5-2-3-6-17(16)23/h2-7,14-15,19H,8-13H2,1H3,(H,24,28)(H,25,27). The molecule has 1 saturated heterocycles. The first-order chi connectivity index (χ1) is 15.0. The van der Waals surface area contributed by atoms with Gasteiger partial charge >= 0.3 is 0 Å². The number of benzene rings is 1. The number of likely N-dealkylation sites (tertiary alicyclic amines) is 1. The minimum Gasteiger partial charge on any atom is -0.383 e. The van der Waals surface area contributed by atoms with Gasteiger partial charge in [0, 0.05) is 26.7 Å². The summed E-state index contributed by atoms with van der Waals surface area (Å²) in [6.45, 7) is 1.47. The molecule has 1 unspecified atom stereocenters. The van der Waals surface area contributed by atoms with Crippen molar-refractivity contribution in [3.8, 4) is 0 Å². The van der Waals surface area contributed by atoms with Gasteiger partial charge in [-0.3, -0.25) is 14.4 Å². The van der Waals surface area contributed by atoms with E-state index in [4.69, 9.17) is 4.74 Å². The topological polar surface area (TPSA) is 87.7 Å². The Bertz CT molecular complexity index is 898. The van der Waals surface area contributed by atoms with Crippen LogP contribution in [0.4, 0.5) is 4.39 Å². The molecule has 2 aromatic rings. The Morgan fingerprint density at radius 3 is 2.58 bits per heavy atom. The van der Waals surface area contributed by atoms with Gasteiger partial charge in [-0.25, -0.2) is 4.39 Å². The van der Waals surface area contributed by atoms with E-state index in [-0.39, 0.29) is 29.2 Å². The SMILES string of the molecule is COCCNC(=O)C(NC(=O)c1cccs1)C1CCN(C(=O)c2ccccc2F)CC1. The molecule has 9 heteroatoms. The highest BCUT2D eigenvalue weighted by Gasteiger charge is 2.34. The van der Waals surface area contributed by atoms with Crippen molar-refractivity contribution in [3.05, 3.63) is 58.0 Å². The number of rotatable bonds is 8. The van der Waals surface area contributed by atoms with E-state index in [9.17, 15) is 18.8 Å². The second-order valence-corrected chi connectivity index (χ2v) is 8.27. The Balaban J connectivity index is 1.65. The molecular formula is C22H26FN3O4S. The van der Waals surface area contributed by atoms with E-state index in [2.05, 4.69) is 10.6 Å². The zero-order chi connectivity index (χ0) is 22.2. The molecule has 1 aliphatic heterocycles. The molecule has 2 heterocycles. The predicted octanol–water partition coefficient (Wildman–Crippen LogP) is 2.30. The van der Waals surface area contributed by atoms with Gasteiger partial charge in [0.25, 0.3) is 11.8 Å². The second-order valence-electron chi connectivity index (χ2n) is 7.32. The van der Waals surface area contributed by atoms with Crippen LogP contribution in [0, 0.1) is 11.7 Å². The summed E-state index contributed by atoms with van der Waals surface area (Å²) in [5.74, 6) is -1.63. The molecule has 1 aromatic heterocycles. The van der Waals surface area contributed by atoms with Gasteiger partial charge in [-0.2, -0.15) is 0 Å². The Labute approximate surface area is 184 Å². The number of piperidine rings is 1. The third kappa shape index (κ3) is 5.89. The monoisotopic (exact) mass is 447 g/mol. The zero-order valence-electron chi connectivity index (χ0n) is 17.3. The lowest BCUT2D eigenvalue weighted by Crippen LogP contribution is -2.54. The highest BCUT2D eigenvalue weighted by Crippen LogP contribution is 2.24. The molecule has 1 aliphatic rings. The molecule has 0 aliphatic carbocycles. The highest BCUT2D eigenvalue weighted by molar-refractivity contribution is 7.12. The van der Waals surface area contributed by atoms with Crippen LogP contribution in [0.25, 0.3) is 0 Å². The fourth-order valence-corrected chi connectivity index (χ4v) is 4.27. The van der Waals surface area contributed by atoms with Crippen LogP contribution < -0.4 is 10.6 Å². The Kier molecular flexibility index (Phi) is 8.13. The van der Waals surface area contributed by atoms with Crippen LogP contribution in [0.5, 0.6) is 0 Å². The largest absolute Gasteiger partial charge is 0.383 e. The third-order valence-corrected chi connectivity index (χ3v) is 6.19. The van der Waals surface area contributed by atoms with E-state index in [1.54, 1.807) is 41.7 Å². The first kappa shape index (κ1) is 22.9. The van der Waals surface area contributed by atoms with Crippen LogP contribution in [0.2, 0.25) is 0 Å². The molecule has 0 spiro atoms. The van der Waals surface area contributed by atoms with Crippen molar-refractivity contribution < 1.29 is 23.5 Å². The zero-order valence-corrected chi connectivity index (χ0v) is 18.1. The number of nitrogens with zero attached hydrogens (tertiary/aromatic N) is 1. The lowest BCUT2D eigenvalue weighted by molar-refractivity contribution is -0.124. The average molecular weight is 448 g/mol. The number of hydrogen-bond acceptors (Lipinski definition) is 5. The maximum Gasteiger partial charge on any atom is 0.262 e. The van der Waals surface area contributed by atoms with Crippen molar-refractivity contribution in [1.29, 1.82) is 0 Å². The van der Waals surface area contributed by atoms with Gasteiger partial charge in [-0.1, -0.05) is 18.2 Å². The van der Waals surface area contributed by atoms with Crippen LogP contribution in [-0.2, 0) is 9.53 Å². The summed E-state index contributed by atoms with van der Waals surface area (Å²) >= 11 is 1.30. The Morgan fingerprint density at radius 1 is 1.19 bits per heavy atom. The number of carbonyl (C=O) groups excluding carboxylic acids is 3. The van der Waals surface area contributed by atoms with Crippen molar-refractivity contribution in [3.63, 3.8) is 0 Å². The molecule has 0 radical (unpaired) electrons. The number of ether oxygens (including phenoxy) is 1. The van der Waals surface area contributed by atoms with Gasteiger partial charge in [-0.05, 0) is 42.3 Å². The summed E-state index contributed by atoms with van der Waals surface area (Å²) in [7, 11) is 1.55. The average Bonchev–Trinajstić information content (AvgIpc) is 3.33. The number of carbonyl (C=O) groups is 3. The first-order valence-electron chi connectivity index (χ1n) is 10.2. The van der Waals surface area contributed by atoms with Gasteiger partial charge < -0.3 is 20.3 Å². The molecule has 3 amide bonds. The molecule has 31 heavy (non-hydrogen) atoms. The minimum absolute atomic E-state index is 0.0424. The highest BCUT2D eigenvalue weighted by atomic mass is 32.1. The third-order valence-electron chi connectivity index (χ3n) is 5.32. The molecule has 0 bridgehead atoms. The second kappa shape index (κ2) is 11.0. The van der Waals surface area contributed by atoms with Crippen molar-refractivity contribution in [1.82, 2.24) is 15.5 Å². The van der Waals surface area contributed by atoms with Gasteiger partial charge in [-0.15, -0.1) is 11.3 Å². The molecular weight excluding hydrogens is 421 g/mol. The number of amides is 3. The number of halogens is 1. The predicted molar refractivity (Wildman–Crippen MR) is 115 cm³/mol. The van der Waals surface area contributed by atoms with E-state index in [0.29, 0.717) is 44.0 Å². The van der Waals surface area contributed by atoms with E-state index in [0.717, 1.165) is 0 Å². The fraction of sp³-hybridized carbons (Fsp3) is 0.409. The van der Waals surface area contributed by atoms with Gasteiger partial charge in [0.2, 0.25) is 5.91 Å². The van der Waals surface area contributed by atoms with E-state index < -0.39 is 11.9 Å². The summed E-state index contributed by atoms with van der Waals surface area (Å²) in [6.07, 6.45) is 1.04. The van der Waals surface area contributed by atoms with Crippen molar-refractivity contribution >= 4 is 29.1 Å². The van der Waals surface area contributed by atoms with Crippen LogP contribution >= 0.6 is 11.3 Å². The maximum atomic E-state index is 14.0. The summed E-state index contributed by atoms with van der Waals surface area (Å²) < 4.78 is 18.9. The maximum absolute atomic E-state index is 14.0. The normalized spacial score (nSPS) is 15.4. The molecule has 3 rings (SSSR count). The quantitative estimate of drug-likeness (QED) is 0.608. The molecule has 1 atom stereocenters. The van der Waals surface area contributed by atoms with Crippen molar-refractivity contribution in [2.45, 2.75) is 18.9 Å². The molecule has 7 nitrogen and oxygen atoms in total. The Hall–Kier alpha value is -2.78. The molecule has 1 aromatic carbocycles. The summed E-state index contributed by atoms with van der Waals surface area (Å²) in [5, 5.41) is 7.45. The van der Waals surface area contributed by atoms with Gasteiger partial charge in [0.05, 0.1) is 17.0 Å². The summed E-state index contributed by atoms with van der Waals surface area (Å²) in [6, 6.07) is 8.66. The number of thiophene rings is 1.